The number of rotatable bonds is 11. The Kier molecular flexibility index (Phi) is 10.5. The Morgan fingerprint density at radius 2 is 0.898 bits per heavy atom. The summed E-state index contributed by atoms with van der Waals surface area (Å²) in [5.41, 5.74) is 21.7. The number of benzene rings is 4. The van der Waals surface area contributed by atoms with Crippen LogP contribution in [0.25, 0.3) is 34.4 Å². The third kappa shape index (κ3) is 6.34. The second-order valence-electron chi connectivity index (χ2n) is 15.4. The minimum atomic E-state index is -4.96. The van der Waals surface area contributed by atoms with E-state index in [0.29, 0.717) is 0 Å². The molecule has 2 unspecified atom stereocenters. The first-order chi connectivity index (χ1) is 23.3. The predicted molar refractivity (Wildman–Crippen MR) is 215 cm³/mol. The Morgan fingerprint density at radius 1 is 0.531 bits per heavy atom. The van der Waals surface area contributed by atoms with Crippen molar-refractivity contribution in [2.75, 3.05) is 0 Å². The Balaban J connectivity index is 1.65. The molecule has 257 valence electrons. The summed E-state index contributed by atoms with van der Waals surface area (Å²) in [6.45, 7) is 20.4. The van der Waals surface area contributed by atoms with E-state index in [2.05, 4.69) is 135 Å². The van der Waals surface area contributed by atoms with Gasteiger partial charge < -0.3 is 0 Å². The second kappa shape index (κ2) is 14.1. The van der Waals surface area contributed by atoms with Crippen molar-refractivity contribution in [3.8, 4) is 22.3 Å². The standard InChI is InChI=1S/2C22H25.C2H5.2ClH.Zr/c2*1-5-6-7-18-13-20-16(3)12-17(4)22(21(20)14-18)19-10-8-15(2)9-11-19;1-2;;;/h2*8-14H,5-7H2,1-4H3;1H2,2H3;2*1H;/q;;;;;+2/p-2. The number of halogens is 2. The van der Waals surface area contributed by atoms with E-state index in [1.165, 1.54) is 89.0 Å². The summed E-state index contributed by atoms with van der Waals surface area (Å²) in [4.78, 5) is 0. The number of hydrogen-bond acceptors (Lipinski definition) is 0. The van der Waals surface area contributed by atoms with Crippen LogP contribution in [-0.4, -0.2) is 0 Å². The molecule has 6 rings (SSSR count). The number of fused-ring (bicyclic) bond motifs is 2. The summed E-state index contributed by atoms with van der Waals surface area (Å²) < 4.78 is 0.989. The van der Waals surface area contributed by atoms with Gasteiger partial charge in [-0.25, -0.2) is 0 Å². The summed E-state index contributed by atoms with van der Waals surface area (Å²) in [6, 6.07) is 23.0. The zero-order chi connectivity index (χ0) is 35.3. The number of allylic oxidation sites excluding steroid dienone is 2. The third-order valence-electron chi connectivity index (χ3n) is 11.8. The molecule has 0 heterocycles. The monoisotopic (exact) mass is 767 g/mol. The van der Waals surface area contributed by atoms with Crippen LogP contribution in [0.4, 0.5) is 0 Å². The number of aryl methyl sites for hydroxylation is 6. The molecule has 3 heteroatoms. The summed E-state index contributed by atoms with van der Waals surface area (Å²) in [5, 5.41) is 0. The molecule has 2 atom stereocenters. The molecule has 0 fully saturated rings. The van der Waals surface area contributed by atoms with E-state index >= 15 is 0 Å². The summed E-state index contributed by atoms with van der Waals surface area (Å²) >= 11 is -4.96. The molecule has 2 aliphatic rings. The molecule has 0 aromatic heterocycles. The Hall–Kier alpha value is -2.18. The first-order valence-electron chi connectivity index (χ1n) is 18.7. The van der Waals surface area contributed by atoms with Gasteiger partial charge in [0.25, 0.3) is 0 Å². The maximum absolute atomic E-state index is 8.75. The quantitative estimate of drug-likeness (QED) is 0.143. The van der Waals surface area contributed by atoms with Gasteiger partial charge in [-0.2, -0.15) is 0 Å². The predicted octanol–water partition coefficient (Wildman–Crippen LogP) is 15.3. The first-order valence-corrected chi connectivity index (χ1v) is 29.7. The average Bonchev–Trinajstić information content (AvgIpc) is 3.66. The Bertz CT molecular complexity index is 1820. The third-order valence-corrected chi connectivity index (χ3v) is 32.5. The SMILES string of the molecule is CCCCC1=Cc2c(-c3ccc(C)cc3)c(C)cc(C)c2[CH]1[Zr]([Cl])([Cl])([CH2]C)[CH]1C(CCCC)=Cc2c(-c3ccc(C)cc3)c(C)cc(C)c21. The molecule has 0 radical (unpaired) electrons. The van der Waals surface area contributed by atoms with Gasteiger partial charge in [-0.05, 0) is 0 Å². The average molecular weight is 770 g/mol. The van der Waals surface area contributed by atoms with Crippen LogP contribution in [0.2, 0.25) is 4.13 Å². The Labute approximate surface area is 305 Å². The Morgan fingerprint density at radius 3 is 1.22 bits per heavy atom. The van der Waals surface area contributed by atoms with Gasteiger partial charge in [0.05, 0.1) is 0 Å². The van der Waals surface area contributed by atoms with Crippen molar-refractivity contribution >= 4 is 29.2 Å². The van der Waals surface area contributed by atoms with E-state index in [1.807, 2.05) is 0 Å². The number of hydrogen-bond donors (Lipinski definition) is 0. The van der Waals surface area contributed by atoms with Crippen molar-refractivity contribution in [3.05, 3.63) is 127 Å². The van der Waals surface area contributed by atoms with Crippen LogP contribution in [0.3, 0.4) is 0 Å². The van der Waals surface area contributed by atoms with Gasteiger partial charge >= 0.3 is 307 Å². The van der Waals surface area contributed by atoms with Gasteiger partial charge in [0, 0.05) is 0 Å². The molecule has 0 saturated heterocycles. The van der Waals surface area contributed by atoms with Crippen molar-refractivity contribution in [3.63, 3.8) is 0 Å². The second-order valence-corrected chi connectivity index (χ2v) is 38.3. The van der Waals surface area contributed by atoms with Crippen LogP contribution in [-0.2, 0) is 16.4 Å². The van der Waals surface area contributed by atoms with Gasteiger partial charge in [-0.15, -0.1) is 0 Å². The van der Waals surface area contributed by atoms with Gasteiger partial charge in [0.1, 0.15) is 0 Å². The molecule has 2 aliphatic carbocycles. The molecular weight excluding hydrogens is 715 g/mol. The maximum atomic E-state index is 8.75. The first kappa shape index (κ1) is 36.6. The molecule has 0 aliphatic heterocycles. The van der Waals surface area contributed by atoms with Crippen LogP contribution in [0.5, 0.6) is 0 Å². The van der Waals surface area contributed by atoms with E-state index in [9.17, 15) is 0 Å². The topological polar surface area (TPSA) is 0 Å². The van der Waals surface area contributed by atoms with Crippen molar-refractivity contribution in [1.29, 1.82) is 0 Å². The molecule has 0 bridgehead atoms. The fraction of sp³-hybridized carbons (Fsp3) is 0.391. The molecule has 49 heavy (non-hydrogen) atoms. The van der Waals surface area contributed by atoms with E-state index in [-0.39, 0.29) is 7.25 Å². The number of unbranched alkanes of at least 4 members (excludes halogenated alkanes) is 2. The fourth-order valence-corrected chi connectivity index (χ4v) is 27.7. The van der Waals surface area contributed by atoms with Gasteiger partial charge in [0.2, 0.25) is 0 Å². The van der Waals surface area contributed by atoms with Crippen LogP contribution in [0.15, 0.2) is 71.8 Å². The summed E-state index contributed by atoms with van der Waals surface area (Å²) in [5.74, 6) is 0. The van der Waals surface area contributed by atoms with Crippen molar-refractivity contribution in [2.45, 2.75) is 112 Å². The van der Waals surface area contributed by atoms with E-state index < -0.39 is 16.4 Å². The summed E-state index contributed by atoms with van der Waals surface area (Å²) in [6.07, 6.45) is 11.8. The van der Waals surface area contributed by atoms with Gasteiger partial charge in [-0.3, -0.25) is 0 Å². The summed E-state index contributed by atoms with van der Waals surface area (Å²) in [7, 11) is 17.5. The van der Waals surface area contributed by atoms with E-state index in [4.69, 9.17) is 17.0 Å². The van der Waals surface area contributed by atoms with E-state index in [0.717, 1.165) is 42.7 Å². The molecule has 0 saturated carbocycles. The van der Waals surface area contributed by atoms with Crippen molar-refractivity contribution in [2.24, 2.45) is 0 Å². The molecule has 0 N–H and O–H groups in total. The van der Waals surface area contributed by atoms with Crippen LogP contribution < -0.4 is 0 Å². The van der Waals surface area contributed by atoms with Gasteiger partial charge in [0.15, 0.2) is 0 Å². The molecule has 0 amide bonds. The van der Waals surface area contributed by atoms with Crippen molar-refractivity contribution < 1.29 is 16.4 Å². The molecule has 4 aromatic rings. The molecule has 4 aromatic carbocycles. The molecular formula is C46H55Cl2Zr. The van der Waals surface area contributed by atoms with Gasteiger partial charge in [-0.1, -0.05) is 0 Å². The van der Waals surface area contributed by atoms with Crippen LogP contribution in [0, 0.1) is 41.5 Å². The normalized spacial score (nSPS) is 17.7. The molecule has 0 nitrogen and oxygen atoms in total. The van der Waals surface area contributed by atoms with E-state index in [1.54, 1.807) is 0 Å². The fourth-order valence-electron chi connectivity index (χ4n) is 9.36. The van der Waals surface area contributed by atoms with Crippen LogP contribution in [0.1, 0.15) is 122 Å². The van der Waals surface area contributed by atoms with Crippen molar-refractivity contribution in [1.82, 2.24) is 0 Å². The zero-order valence-corrected chi connectivity index (χ0v) is 35.3. The van der Waals surface area contributed by atoms with Crippen LogP contribution >= 0.6 is 17.0 Å². The minimum absolute atomic E-state index is 0.0747. The zero-order valence-electron chi connectivity index (χ0n) is 31.3. The molecule has 0 spiro atoms.